The van der Waals surface area contributed by atoms with Crippen LogP contribution in [0.15, 0.2) is 18.2 Å². The van der Waals surface area contributed by atoms with Crippen molar-refractivity contribution >= 4 is 5.97 Å². The maximum Gasteiger partial charge on any atom is 0.411 e. The topological polar surface area (TPSA) is 57.2 Å². The van der Waals surface area contributed by atoms with Crippen molar-refractivity contribution in [2.24, 2.45) is 0 Å². The normalized spacial score (nSPS) is 17.5. The fourth-order valence-electron chi connectivity index (χ4n) is 3.78. The van der Waals surface area contributed by atoms with Crippen LogP contribution >= 0.6 is 0 Å². The molecule has 0 N–H and O–H groups in total. The minimum absolute atomic E-state index is 0.0266. The van der Waals surface area contributed by atoms with Gasteiger partial charge in [0, 0.05) is 26.0 Å². The smallest absolute Gasteiger partial charge is 0.411 e. The van der Waals surface area contributed by atoms with E-state index in [1.54, 1.807) is 0 Å². The van der Waals surface area contributed by atoms with Crippen LogP contribution in [0.4, 0.5) is 13.2 Å². The minimum atomic E-state index is -4.32. The highest BCUT2D eigenvalue weighted by Crippen LogP contribution is 2.31. The van der Waals surface area contributed by atoms with Crippen LogP contribution in [0.5, 0.6) is 11.5 Å². The summed E-state index contributed by atoms with van der Waals surface area (Å²) in [5.41, 5.74) is 1.00. The molecule has 6 nitrogen and oxygen atoms in total. The second kappa shape index (κ2) is 11.6. The molecule has 3 rings (SSSR count). The molecule has 0 bridgehead atoms. The number of ether oxygens (including phenoxy) is 4. The molecule has 31 heavy (non-hydrogen) atoms. The van der Waals surface area contributed by atoms with E-state index in [-0.39, 0.29) is 25.1 Å². The van der Waals surface area contributed by atoms with E-state index < -0.39 is 12.8 Å². The summed E-state index contributed by atoms with van der Waals surface area (Å²) in [4.78, 5) is 14.6. The van der Waals surface area contributed by atoms with Gasteiger partial charge in [0.15, 0.2) is 11.5 Å². The molecule has 0 saturated carbocycles. The van der Waals surface area contributed by atoms with Crippen LogP contribution in [0.25, 0.3) is 0 Å². The third kappa shape index (κ3) is 8.57. The van der Waals surface area contributed by atoms with Gasteiger partial charge in [0.1, 0.15) is 25.9 Å². The number of hydrogen-bond acceptors (Lipinski definition) is 6. The van der Waals surface area contributed by atoms with Crippen LogP contribution in [0.2, 0.25) is 0 Å². The van der Waals surface area contributed by atoms with Gasteiger partial charge in [-0.15, -0.1) is 0 Å². The van der Waals surface area contributed by atoms with E-state index >= 15 is 0 Å². The molecule has 174 valence electrons. The first kappa shape index (κ1) is 23.7. The average molecular weight is 445 g/mol. The molecule has 1 aromatic rings. The second-order valence-electron chi connectivity index (χ2n) is 7.93. The number of halogens is 3. The summed E-state index contributed by atoms with van der Waals surface area (Å²) in [6, 6.07) is 5.76. The van der Waals surface area contributed by atoms with Gasteiger partial charge >= 0.3 is 12.1 Å². The first-order chi connectivity index (χ1) is 14.9. The van der Waals surface area contributed by atoms with Crippen LogP contribution in [0, 0.1) is 0 Å². The Hall–Kier alpha value is -2.00. The lowest BCUT2D eigenvalue weighted by Gasteiger charge is -2.25. The molecule has 0 aromatic heterocycles. The monoisotopic (exact) mass is 445 g/mol. The third-order valence-electron chi connectivity index (χ3n) is 5.21. The number of nitrogens with zero attached hydrogens (tertiary/aromatic N) is 1. The Kier molecular flexibility index (Phi) is 8.83. The summed E-state index contributed by atoms with van der Waals surface area (Å²) in [7, 11) is 0. The summed E-state index contributed by atoms with van der Waals surface area (Å²) >= 11 is 0. The van der Waals surface area contributed by atoms with Crippen molar-refractivity contribution in [3.8, 4) is 11.5 Å². The molecule has 1 fully saturated rings. The van der Waals surface area contributed by atoms with Crippen LogP contribution in [0.1, 0.15) is 37.7 Å². The number of fused-ring (bicyclic) bond motifs is 1. The highest BCUT2D eigenvalue weighted by molar-refractivity contribution is 5.69. The predicted molar refractivity (Wildman–Crippen MR) is 107 cm³/mol. The molecule has 0 aliphatic carbocycles. The van der Waals surface area contributed by atoms with E-state index in [0.29, 0.717) is 44.8 Å². The predicted octanol–water partition coefficient (Wildman–Crippen LogP) is 3.76. The van der Waals surface area contributed by atoms with Crippen LogP contribution in [0.3, 0.4) is 0 Å². The number of hydrogen-bond donors (Lipinski definition) is 0. The lowest BCUT2D eigenvalue weighted by molar-refractivity contribution is -0.174. The Labute approximate surface area is 180 Å². The van der Waals surface area contributed by atoms with Crippen molar-refractivity contribution in [1.82, 2.24) is 4.90 Å². The van der Waals surface area contributed by atoms with E-state index in [1.165, 1.54) is 0 Å². The van der Waals surface area contributed by atoms with E-state index in [0.717, 1.165) is 37.2 Å². The summed E-state index contributed by atoms with van der Waals surface area (Å²) in [5, 5.41) is 0. The number of rotatable bonds is 11. The molecule has 1 aromatic carbocycles. The van der Waals surface area contributed by atoms with Crippen LogP contribution in [-0.4, -0.2) is 69.2 Å². The molecule has 1 saturated heterocycles. The van der Waals surface area contributed by atoms with Crippen molar-refractivity contribution in [3.63, 3.8) is 0 Å². The fourth-order valence-corrected chi connectivity index (χ4v) is 3.78. The molecule has 9 heteroatoms. The summed E-state index contributed by atoms with van der Waals surface area (Å²) in [5.74, 6) is 1.09. The van der Waals surface area contributed by atoms with Crippen molar-refractivity contribution in [2.75, 3.05) is 46.1 Å². The van der Waals surface area contributed by atoms with E-state index in [2.05, 4.69) is 9.64 Å². The molecule has 2 aliphatic rings. The number of likely N-dealkylation sites (tertiary alicyclic amines) is 1. The van der Waals surface area contributed by atoms with Gasteiger partial charge in [0.2, 0.25) is 0 Å². The van der Waals surface area contributed by atoms with Gasteiger partial charge in [-0.3, -0.25) is 9.69 Å². The average Bonchev–Trinajstić information content (AvgIpc) is 3.22. The molecule has 2 heterocycles. The van der Waals surface area contributed by atoms with E-state index in [1.807, 2.05) is 18.2 Å². The molecular formula is C22H30F3NO5. The molecule has 1 unspecified atom stereocenters. The largest absolute Gasteiger partial charge is 0.486 e. The summed E-state index contributed by atoms with van der Waals surface area (Å²) in [6.07, 6.45) is -0.808. The van der Waals surface area contributed by atoms with Gasteiger partial charge in [-0.2, -0.15) is 13.2 Å². The van der Waals surface area contributed by atoms with Gasteiger partial charge in [-0.25, -0.2) is 0 Å². The third-order valence-corrected chi connectivity index (χ3v) is 5.21. The first-order valence-corrected chi connectivity index (χ1v) is 10.8. The standard InChI is InChI=1S/C22H30F3NO5/c23-22(24,25)16-28-10-4-1-5-21(27)31-18(15-26-8-2-3-9-26)13-17-6-7-19-20(14-17)30-12-11-29-19/h6-7,14,18H,1-5,8-13,15-16H2. The quantitative estimate of drug-likeness (QED) is 0.382. The van der Waals surface area contributed by atoms with E-state index in [4.69, 9.17) is 14.2 Å². The van der Waals surface area contributed by atoms with Gasteiger partial charge in [-0.05, 0) is 56.5 Å². The lowest BCUT2D eigenvalue weighted by Crippen LogP contribution is -2.35. The van der Waals surface area contributed by atoms with Crippen molar-refractivity contribution < 1.29 is 36.9 Å². The Bertz CT molecular complexity index is 707. The number of alkyl halides is 3. The highest BCUT2D eigenvalue weighted by Gasteiger charge is 2.27. The van der Waals surface area contributed by atoms with Gasteiger partial charge < -0.3 is 18.9 Å². The molecule has 1 atom stereocenters. The first-order valence-electron chi connectivity index (χ1n) is 10.8. The highest BCUT2D eigenvalue weighted by atomic mass is 19.4. The molecular weight excluding hydrogens is 415 g/mol. The molecule has 0 spiro atoms. The summed E-state index contributed by atoms with van der Waals surface area (Å²) < 4.78 is 57.7. The molecule has 0 radical (unpaired) electrons. The maximum atomic E-state index is 12.3. The van der Waals surface area contributed by atoms with Crippen molar-refractivity contribution in [3.05, 3.63) is 23.8 Å². The number of unbranched alkanes of at least 4 members (excludes halogenated alkanes) is 1. The van der Waals surface area contributed by atoms with Crippen molar-refractivity contribution in [2.45, 2.75) is 50.8 Å². The van der Waals surface area contributed by atoms with Gasteiger partial charge in [0.25, 0.3) is 0 Å². The minimum Gasteiger partial charge on any atom is -0.486 e. The number of esters is 1. The SMILES string of the molecule is O=C(CCCCOCC(F)(F)F)OC(Cc1ccc2c(c1)OCCO2)CN1CCCC1. The Morgan fingerprint density at radius 3 is 2.58 bits per heavy atom. The zero-order chi connectivity index (χ0) is 22.1. The Morgan fingerprint density at radius 2 is 1.84 bits per heavy atom. The fraction of sp³-hybridized carbons (Fsp3) is 0.682. The van der Waals surface area contributed by atoms with Crippen LogP contribution in [-0.2, 0) is 20.7 Å². The lowest BCUT2D eigenvalue weighted by atomic mass is 10.1. The second-order valence-corrected chi connectivity index (χ2v) is 7.93. The summed E-state index contributed by atoms with van der Waals surface area (Å²) in [6.45, 7) is 2.40. The Balaban J connectivity index is 1.47. The number of carbonyl (C=O) groups excluding carboxylic acids is 1. The van der Waals surface area contributed by atoms with Crippen molar-refractivity contribution in [1.29, 1.82) is 0 Å². The molecule has 2 aliphatic heterocycles. The number of benzene rings is 1. The molecule has 0 amide bonds. The zero-order valence-corrected chi connectivity index (χ0v) is 17.6. The zero-order valence-electron chi connectivity index (χ0n) is 17.6. The van der Waals surface area contributed by atoms with Gasteiger partial charge in [0.05, 0.1) is 0 Å². The number of carbonyl (C=O) groups is 1. The van der Waals surface area contributed by atoms with Gasteiger partial charge in [-0.1, -0.05) is 6.07 Å². The van der Waals surface area contributed by atoms with Crippen LogP contribution < -0.4 is 9.47 Å². The maximum absolute atomic E-state index is 12.3. The van der Waals surface area contributed by atoms with E-state index in [9.17, 15) is 18.0 Å². The Morgan fingerprint density at radius 1 is 1.10 bits per heavy atom.